The summed E-state index contributed by atoms with van der Waals surface area (Å²) in [5.41, 5.74) is 2.36. The Morgan fingerprint density at radius 2 is 1.81 bits per heavy atom. The van der Waals surface area contributed by atoms with E-state index in [1.807, 2.05) is 26.8 Å². The van der Waals surface area contributed by atoms with Crippen LogP contribution in [0, 0.1) is 13.8 Å². The third kappa shape index (κ3) is 3.15. The van der Waals surface area contributed by atoms with Gasteiger partial charge in [-0.2, -0.15) is 4.31 Å². The summed E-state index contributed by atoms with van der Waals surface area (Å²) in [5, 5.41) is 9.40. The van der Waals surface area contributed by atoms with E-state index in [9.17, 15) is 13.5 Å². The van der Waals surface area contributed by atoms with Gasteiger partial charge in [0, 0.05) is 12.6 Å². The van der Waals surface area contributed by atoms with Crippen LogP contribution in [0.25, 0.3) is 0 Å². The smallest absolute Gasteiger partial charge is 0.243 e. The minimum absolute atomic E-state index is 0.123. The van der Waals surface area contributed by atoms with Crippen molar-refractivity contribution in [3.8, 4) is 0 Å². The molecule has 0 saturated heterocycles. The molecule has 1 aromatic carbocycles. The van der Waals surface area contributed by atoms with Crippen LogP contribution in [0.15, 0.2) is 17.0 Å². The molecule has 0 spiro atoms. The molecule has 1 aromatic rings. The quantitative estimate of drug-likeness (QED) is 0.909. The van der Waals surface area contributed by atoms with Gasteiger partial charge in [0.15, 0.2) is 0 Å². The molecule has 1 fully saturated rings. The average Bonchev–Trinajstić information content (AvgIpc) is 2.92. The van der Waals surface area contributed by atoms with Gasteiger partial charge in [-0.3, -0.25) is 0 Å². The van der Waals surface area contributed by atoms with Crippen molar-refractivity contribution in [1.29, 1.82) is 0 Å². The highest BCUT2D eigenvalue weighted by Gasteiger charge is 2.33. The summed E-state index contributed by atoms with van der Waals surface area (Å²) in [6, 6.07) is 3.61. The lowest BCUT2D eigenvalue weighted by Crippen LogP contribution is -2.38. The molecule has 1 aliphatic carbocycles. The van der Waals surface area contributed by atoms with E-state index < -0.39 is 10.0 Å². The lowest BCUT2D eigenvalue weighted by molar-refractivity contribution is 0.280. The molecule has 0 bridgehead atoms. The molecule has 1 saturated carbocycles. The second-order valence-electron chi connectivity index (χ2n) is 5.85. The Balaban J connectivity index is 2.47. The lowest BCUT2D eigenvalue weighted by Gasteiger charge is -2.27. The van der Waals surface area contributed by atoms with Crippen LogP contribution >= 0.6 is 0 Å². The van der Waals surface area contributed by atoms with E-state index in [0.717, 1.165) is 36.8 Å². The van der Waals surface area contributed by atoms with Crippen molar-refractivity contribution in [2.45, 2.75) is 64.0 Å². The maximum absolute atomic E-state index is 13.0. The fourth-order valence-corrected chi connectivity index (χ4v) is 5.22. The van der Waals surface area contributed by atoms with E-state index in [-0.39, 0.29) is 12.6 Å². The maximum atomic E-state index is 13.0. The Morgan fingerprint density at radius 1 is 1.19 bits per heavy atom. The van der Waals surface area contributed by atoms with E-state index in [1.54, 1.807) is 10.4 Å². The molecule has 1 N–H and O–H groups in total. The number of sulfonamides is 1. The van der Waals surface area contributed by atoms with Gasteiger partial charge in [0.2, 0.25) is 10.0 Å². The molecule has 4 nitrogen and oxygen atoms in total. The van der Waals surface area contributed by atoms with Gasteiger partial charge in [-0.1, -0.05) is 25.8 Å². The second-order valence-corrected chi connectivity index (χ2v) is 7.71. The molecule has 1 aliphatic rings. The van der Waals surface area contributed by atoms with Crippen molar-refractivity contribution in [1.82, 2.24) is 4.31 Å². The highest BCUT2D eigenvalue weighted by atomic mass is 32.2. The number of aliphatic hydroxyl groups is 1. The van der Waals surface area contributed by atoms with Gasteiger partial charge in [-0.05, 0) is 49.4 Å². The summed E-state index contributed by atoms with van der Waals surface area (Å²) in [5.74, 6) is 0. The molecule has 118 valence electrons. The summed E-state index contributed by atoms with van der Waals surface area (Å²) in [6.07, 6.45) is 4.10. The molecule has 5 heteroatoms. The summed E-state index contributed by atoms with van der Waals surface area (Å²) < 4.78 is 27.6. The number of aryl methyl sites for hydroxylation is 2. The van der Waals surface area contributed by atoms with Crippen molar-refractivity contribution in [2.24, 2.45) is 0 Å². The normalized spacial score (nSPS) is 16.8. The van der Waals surface area contributed by atoms with E-state index in [2.05, 4.69) is 0 Å². The van der Waals surface area contributed by atoms with Crippen LogP contribution < -0.4 is 0 Å². The zero-order chi connectivity index (χ0) is 15.6. The Hall–Kier alpha value is -0.910. The molecule has 0 aliphatic heterocycles. The largest absolute Gasteiger partial charge is 0.392 e. The summed E-state index contributed by atoms with van der Waals surface area (Å²) in [4.78, 5) is 0.339. The topological polar surface area (TPSA) is 57.6 Å². The average molecular weight is 311 g/mol. The van der Waals surface area contributed by atoms with Gasteiger partial charge in [0.05, 0.1) is 11.5 Å². The zero-order valence-corrected chi connectivity index (χ0v) is 13.9. The Kier molecular flexibility index (Phi) is 5.07. The molecule has 0 amide bonds. The molecule has 2 rings (SSSR count). The first-order chi connectivity index (χ1) is 9.91. The lowest BCUT2D eigenvalue weighted by atomic mass is 10.1. The van der Waals surface area contributed by atoms with Crippen LogP contribution in [0.2, 0.25) is 0 Å². The van der Waals surface area contributed by atoms with Crippen LogP contribution in [0.3, 0.4) is 0 Å². The molecule has 0 radical (unpaired) electrons. The monoisotopic (exact) mass is 311 g/mol. The SMILES string of the molecule is CCN(C1CCCC1)S(=O)(=O)c1cc(CO)c(C)cc1C. The minimum atomic E-state index is -3.49. The summed E-state index contributed by atoms with van der Waals surface area (Å²) >= 11 is 0. The van der Waals surface area contributed by atoms with Gasteiger partial charge in [0.1, 0.15) is 0 Å². The Morgan fingerprint density at radius 3 is 2.33 bits per heavy atom. The zero-order valence-electron chi connectivity index (χ0n) is 13.1. The molecule has 0 aromatic heterocycles. The Labute approximate surface area is 127 Å². The van der Waals surface area contributed by atoms with E-state index in [4.69, 9.17) is 0 Å². The summed E-state index contributed by atoms with van der Waals surface area (Å²) in [7, 11) is -3.49. The van der Waals surface area contributed by atoms with E-state index in [0.29, 0.717) is 17.0 Å². The molecule has 0 atom stereocenters. The van der Waals surface area contributed by atoms with E-state index >= 15 is 0 Å². The second kappa shape index (κ2) is 6.46. The first-order valence-corrected chi connectivity index (χ1v) is 9.08. The predicted octanol–water partition coefficient (Wildman–Crippen LogP) is 2.75. The first-order valence-electron chi connectivity index (χ1n) is 7.64. The van der Waals surface area contributed by atoms with Gasteiger partial charge < -0.3 is 5.11 Å². The van der Waals surface area contributed by atoms with Crippen molar-refractivity contribution >= 4 is 10.0 Å². The van der Waals surface area contributed by atoms with Gasteiger partial charge in [-0.25, -0.2) is 8.42 Å². The van der Waals surface area contributed by atoms with Gasteiger partial charge >= 0.3 is 0 Å². The number of nitrogens with zero attached hydrogens (tertiary/aromatic N) is 1. The van der Waals surface area contributed by atoms with Crippen LogP contribution in [0.4, 0.5) is 0 Å². The van der Waals surface area contributed by atoms with Crippen LogP contribution in [0.5, 0.6) is 0 Å². The number of rotatable bonds is 5. The van der Waals surface area contributed by atoms with Crippen LogP contribution in [-0.4, -0.2) is 30.4 Å². The van der Waals surface area contributed by atoms with Crippen molar-refractivity contribution in [3.05, 3.63) is 28.8 Å². The fourth-order valence-electron chi connectivity index (χ4n) is 3.27. The van der Waals surface area contributed by atoms with E-state index in [1.165, 1.54) is 0 Å². The Bertz CT molecular complexity index is 604. The molecular weight excluding hydrogens is 286 g/mol. The number of hydrogen-bond acceptors (Lipinski definition) is 3. The van der Waals surface area contributed by atoms with Gasteiger partial charge in [-0.15, -0.1) is 0 Å². The van der Waals surface area contributed by atoms with Crippen molar-refractivity contribution < 1.29 is 13.5 Å². The van der Waals surface area contributed by atoms with Gasteiger partial charge in [0.25, 0.3) is 0 Å². The van der Waals surface area contributed by atoms with Crippen molar-refractivity contribution in [2.75, 3.05) is 6.54 Å². The minimum Gasteiger partial charge on any atom is -0.392 e. The number of benzene rings is 1. The third-order valence-corrected chi connectivity index (χ3v) is 6.60. The van der Waals surface area contributed by atoms with Crippen molar-refractivity contribution in [3.63, 3.8) is 0 Å². The highest BCUT2D eigenvalue weighted by Crippen LogP contribution is 2.30. The number of hydrogen-bond donors (Lipinski definition) is 1. The molecule has 21 heavy (non-hydrogen) atoms. The van der Waals surface area contributed by atoms with Crippen LogP contribution in [0.1, 0.15) is 49.3 Å². The molecular formula is C16H25NO3S. The predicted molar refractivity (Wildman–Crippen MR) is 83.7 cm³/mol. The third-order valence-electron chi connectivity index (χ3n) is 4.43. The van der Waals surface area contributed by atoms with Crippen LogP contribution in [-0.2, 0) is 16.6 Å². The highest BCUT2D eigenvalue weighted by molar-refractivity contribution is 7.89. The number of aliphatic hydroxyl groups excluding tert-OH is 1. The fraction of sp³-hybridized carbons (Fsp3) is 0.625. The molecule has 0 heterocycles. The summed E-state index contributed by atoms with van der Waals surface area (Å²) in [6.45, 7) is 5.97. The standard InChI is InChI=1S/C16H25NO3S/c1-4-17(15-7-5-6-8-15)21(19,20)16-10-14(11-18)12(2)9-13(16)3/h9-10,15,18H,4-8,11H2,1-3H3. The molecule has 0 unspecified atom stereocenters. The maximum Gasteiger partial charge on any atom is 0.243 e. The first kappa shape index (κ1) is 16.5.